The predicted molar refractivity (Wildman–Crippen MR) is 29.8 cm³/mol. The zero-order valence-corrected chi connectivity index (χ0v) is 4.70. The molecule has 1 unspecified atom stereocenters. The fourth-order valence-electron chi connectivity index (χ4n) is 0.369. The molecule has 0 aromatic rings. The minimum Gasteiger partial charge on any atom is -0.427 e. The lowest BCUT2D eigenvalue weighted by molar-refractivity contribution is 0.399. The summed E-state index contributed by atoms with van der Waals surface area (Å²) in [5.74, 6) is -0.269. The number of nitrogens with zero attached hydrogens (tertiary/aromatic N) is 1. The Morgan fingerprint density at radius 3 is 2.38 bits per heavy atom. The summed E-state index contributed by atoms with van der Waals surface area (Å²) >= 11 is 0. The van der Waals surface area contributed by atoms with Crippen LogP contribution in [0.3, 0.4) is 0 Å². The topological polar surface area (TPSA) is 64.2 Å². The number of nitriles is 1. The molecule has 2 N–H and O–H groups in total. The quantitative estimate of drug-likeness (QED) is 0.479. The van der Waals surface area contributed by atoms with Gasteiger partial charge in [0.15, 0.2) is 0 Å². The fraction of sp³-hybridized carbons (Fsp3) is 0.750. The van der Waals surface area contributed by atoms with Gasteiger partial charge in [-0.05, 0) is 13.2 Å². The molecule has 0 aliphatic carbocycles. The van der Waals surface area contributed by atoms with E-state index in [9.17, 15) is 0 Å². The van der Waals surface area contributed by atoms with Crippen molar-refractivity contribution in [2.24, 2.45) is 5.92 Å². The SMILES string of the molecule is CC(C#N)CB(O)O. The van der Waals surface area contributed by atoms with Gasteiger partial charge in [-0.3, -0.25) is 0 Å². The van der Waals surface area contributed by atoms with Gasteiger partial charge in [-0.1, -0.05) is 0 Å². The van der Waals surface area contributed by atoms with Crippen LogP contribution in [0.1, 0.15) is 6.92 Å². The van der Waals surface area contributed by atoms with Crippen LogP contribution in [0.2, 0.25) is 6.32 Å². The van der Waals surface area contributed by atoms with E-state index in [1.165, 1.54) is 0 Å². The van der Waals surface area contributed by atoms with Crippen LogP contribution in [0.15, 0.2) is 0 Å². The van der Waals surface area contributed by atoms with Crippen molar-refractivity contribution in [1.82, 2.24) is 0 Å². The fourth-order valence-corrected chi connectivity index (χ4v) is 0.369. The molecule has 0 aromatic heterocycles. The maximum absolute atomic E-state index is 8.26. The first kappa shape index (κ1) is 7.47. The van der Waals surface area contributed by atoms with Gasteiger partial charge in [-0.15, -0.1) is 0 Å². The van der Waals surface area contributed by atoms with Crippen molar-refractivity contribution in [3.8, 4) is 6.07 Å². The maximum atomic E-state index is 8.26. The highest BCUT2D eigenvalue weighted by atomic mass is 16.4. The van der Waals surface area contributed by atoms with Gasteiger partial charge in [0.25, 0.3) is 0 Å². The molecule has 44 valence electrons. The van der Waals surface area contributed by atoms with Crippen LogP contribution in [-0.4, -0.2) is 17.2 Å². The van der Waals surface area contributed by atoms with Crippen molar-refractivity contribution in [3.63, 3.8) is 0 Å². The smallest absolute Gasteiger partial charge is 0.427 e. The van der Waals surface area contributed by atoms with Crippen LogP contribution < -0.4 is 0 Å². The van der Waals surface area contributed by atoms with Crippen molar-refractivity contribution >= 4 is 7.12 Å². The van der Waals surface area contributed by atoms with Gasteiger partial charge in [0.05, 0.1) is 6.07 Å². The second-order valence-corrected chi connectivity index (χ2v) is 1.75. The first-order valence-electron chi connectivity index (χ1n) is 2.42. The Morgan fingerprint density at radius 1 is 1.75 bits per heavy atom. The lowest BCUT2D eigenvalue weighted by atomic mass is 9.80. The van der Waals surface area contributed by atoms with Gasteiger partial charge < -0.3 is 10.0 Å². The van der Waals surface area contributed by atoms with E-state index in [1.54, 1.807) is 6.92 Å². The molecular weight excluding hydrogens is 105 g/mol. The standard InChI is InChI=1S/C4H8BNO2/c1-4(3-6)2-5(7)8/h4,7-8H,2H2,1H3. The van der Waals surface area contributed by atoms with Gasteiger partial charge in [-0.25, -0.2) is 0 Å². The van der Waals surface area contributed by atoms with Crippen LogP contribution in [-0.2, 0) is 0 Å². The first-order valence-corrected chi connectivity index (χ1v) is 2.42. The van der Waals surface area contributed by atoms with Crippen molar-refractivity contribution < 1.29 is 10.0 Å². The summed E-state index contributed by atoms with van der Waals surface area (Å²) in [7, 11) is -1.34. The molecule has 0 aromatic carbocycles. The highest BCUT2D eigenvalue weighted by molar-refractivity contribution is 6.41. The van der Waals surface area contributed by atoms with E-state index in [0.29, 0.717) is 0 Å². The van der Waals surface area contributed by atoms with Gasteiger partial charge in [0, 0.05) is 5.92 Å². The Kier molecular flexibility index (Phi) is 3.25. The third-order valence-corrected chi connectivity index (χ3v) is 0.785. The van der Waals surface area contributed by atoms with E-state index in [4.69, 9.17) is 15.3 Å². The molecule has 0 bridgehead atoms. The van der Waals surface area contributed by atoms with Gasteiger partial charge in [0.1, 0.15) is 0 Å². The number of hydrogen-bond acceptors (Lipinski definition) is 3. The number of rotatable bonds is 2. The van der Waals surface area contributed by atoms with Crippen LogP contribution in [0.25, 0.3) is 0 Å². The average Bonchev–Trinajstić information content (AvgIpc) is 1.65. The highest BCUT2D eigenvalue weighted by Crippen LogP contribution is 2.00. The summed E-state index contributed by atoms with van der Waals surface area (Å²) in [4.78, 5) is 0. The van der Waals surface area contributed by atoms with Crippen LogP contribution in [0.5, 0.6) is 0 Å². The van der Waals surface area contributed by atoms with Crippen LogP contribution >= 0.6 is 0 Å². The summed E-state index contributed by atoms with van der Waals surface area (Å²) in [5.41, 5.74) is 0. The molecule has 0 saturated carbocycles. The second kappa shape index (κ2) is 3.47. The van der Waals surface area contributed by atoms with Crippen molar-refractivity contribution in [3.05, 3.63) is 0 Å². The molecule has 0 spiro atoms. The van der Waals surface area contributed by atoms with E-state index >= 15 is 0 Å². The first-order chi connectivity index (χ1) is 3.66. The monoisotopic (exact) mass is 113 g/mol. The Morgan fingerprint density at radius 2 is 2.25 bits per heavy atom. The minimum absolute atomic E-state index is 0.135. The summed E-state index contributed by atoms with van der Waals surface area (Å²) in [6.45, 7) is 1.64. The van der Waals surface area contributed by atoms with E-state index in [1.807, 2.05) is 6.07 Å². The summed E-state index contributed by atoms with van der Waals surface area (Å²) in [6.07, 6.45) is 0.135. The Hall–Kier alpha value is -0.525. The molecule has 8 heavy (non-hydrogen) atoms. The maximum Gasteiger partial charge on any atom is 0.452 e. The Bertz CT molecular complexity index is 98.7. The number of hydrogen-bond donors (Lipinski definition) is 2. The van der Waals surface area contributed by atoms with E-state index < -0.39 is 7.12 Å². The van der Waals surface area contributed by atoms with Crippen molar-refractivity contribution in [2.75, 3.05) is 0 Å². The summed E-state index contributed by atoms with van der Waals surface area (Å²) < 4.78 is 0. The lowest BCUT2D eigenvalue weighted by Crippen LogP contribution is -2.13. The average molecular weight is 113 g/mol. The zero-order valence-electron chi connectivity index (χ0n) is 4.70. The van der Waals surface area contributed by atoms with Gasteiger partial charge >= 0.3 is 7.12 Å². The second-order valence-electron chi connectivity index (χ2n) is 1.75. The molecule has 0 fully saturated rings. The molecule has 0 saturated heterocycles. The molecule has 0 amide bonds. The molecule has 3 nitrogen and oxygen atoms in total. The molecule has 0 aliphatic heterocycles. The van der Waals surface area contributed by atoms with Crippen molar-refractivity contribution in [2.45, 2.75) is 13.2 Å². The third-order valence-electron chi connectivity index (χ3n) is 0.785. The van der Waals surface area contributed by atoms with Crippen LogP contribution in [0, 0.1) is 17.2 Å². The van der Waals surface area contributed by atoms with E-state index in [-0.39, 0.29) is 12.2 Å². The zero-order chi connectivity index (χ0) is 6.57. The predicted octanol–water partition coefficient (Wildman–Crippen LogP) is -0.381. The summed E-state index contributed by atoms with van der Waals surface area (Å²) in [6, 6.07) is 1.88. The van der Waals surface area contributed by atoms with Gasteiger partial charge in [-0.2, -0.15) is 5.26 Å². The third kappa shape index (κ3) is 3.66. The largest absolute Gasteiger partial charge is 0.452 e. The Balaban J connectivity index is 3.28. The summed E-state index contributed by atoms with van der Waals surface area (Å²) in [5, 5.41) is 24.6. The molecule has 0 rings (SSSR count). The lowest BCUT2D eigenvalue weighted by Gasteiger charge is -1.96. The highest BCUT2D eigenvalue weighted by Gasteiger charge is 2.10. The van der Waals surface area contributed by atoms with Crippen LogP contribution in [0.4, 0.5) is 0 Å². The van der Waals surface area contributed by atoms with Crippen molar-refractivity contribution in [1.29, 1.82) is 5.26 Å². The molecule has 4 heteroatoms. The molecule has 0 radical (unpaired) electrons. The minimum atomic E-state index is -1.34. The van der Waals surface area contributed by atoms with E-state index in [0.717, 1.165) is 0 Å². The molecule has 0 aliphatic rings. The Labute approximate surface area is 48.7 Å². The normalized spacial score (nSPS) is 12.2. The van der Waals surface area contributed by atoms with Gasteiger partial charge in [0.2, 0.25) is 0 Å². The van der Waals surface area contributed by atoms with E-state index in [2.05, 4.69) is 0 Å². The molecule has 0 heterocycles. The molecule has 1 atom stereocenters. The molecular formula is C4H8BNO2.